The van der Waals surface area contributed by atoms with E-state index >= 15 is 0 Å². The fraction of sp³-hybridized carbons (Fsp3) is 0.318. The molecular formula is C22H22ClN3O4S. The number of hydrogen-bond acceptors (Lipinski definition) is 6. The number of nitrogens with zero attached hydrogens (tertiary/aromatic N) is 2. The molecule has 1 aliphatic rings. The van der Waals surface area contributed by atoms with Gasteiger partial charge in [-0.05, 0) is 43.2 Å². The number of hydrogen-bond donors (Lipinski definition) is 1. The summed E-state index contributed by atoms with van der Waals surface area (Å²) < 4.78 is 12.5. The summed E-state index contributed by atoms with van der Waals surface area (Å²) in [4.78, 5) is 30.3. The molecule has 0 radical (unpaired) electrons. The third-order valence-electron chi connectivity index (χ3n) is 4.98. The highest BCUT2D eigenvalue weighted by atomic mass is 35.5. The maximum absolute atomic E-state index is 13.2. The number of carbonyl (C=O) groups is 1. The molecule has 162 valence electrons. The maximum atomic E-state index is 13.2. The van der Waals surface area contributed by atoms with Crippen molar-refractivity contribution in [2.24, 2.45) is 0 Å². The number of rotatable bonds is 7. The molecule has 0 bridgehead atoms. The molecule has 3 aromatic rings. The van der Waals surface area contributed by atoms with E-state index in [1.165, 1.54) is 11.8 Å². The number of methoxy groups -OCH3 is 1. The first-order valence-electron chi connectivity index (χ1n) is 9.92. The van der Waals surface area contributed by atoms with E-state index in [2.05, 4.69) is 10.3 Å². The highest BCUT2D eigenvalue weighted by Crippen LogP contribution is 2.23. The second-order valence-electron chi connectivity index (χ2n) is 7.18. The van der Waals surface area contributed by atoms with Crippen LogP contribution in [-0.4, -0.2) is 41.0 Å². The lowest BCUT2D eigenvalue weighted by Crippen LogP contribution is -2.29. The summed E-state index contributed by atoms with van der Waals surface area (Å²) in [6.45, 7) is 1.10. The third kappa shape index (κ3) is 5.20. The van der Waals surface area contributed by atoms with Crippen LogP contribution in [0, 0.1) is 0 Å². The number of fused-ring (bicyclic) bond motifs is 1. The molecule has 0 saturated carbocycles. The summed E-state index contributed by atoms with van der Waals surface area (Å²) in [5, 5.41) is 4.30. The van der Waals surface area contributed by atoms with Crippen molar-refractivity contribution in [2.45, 2.75) is 30.6 Å². The molecule has 0 aliphatic carbocycles. The van der Waals surface area contributed by atoms with Crippen LogP contribution in [0.2, 0.25) is 5.02 Å². The second-order valence-corrected chi connectivity index (χ2v) is 8.55. The Morgan fingerprint density at radius 3 is 3.00 bits per heavy atom. The van der Waals surface area contributed by atoms with Crippen molar-refractivity contribution >= 4 is 45.9 Å². The third-order valence-corrected chi connectivity index (χ3v) is 6.19. The first-order valence-corrected chi connectivity index (χ1v) is 11.3. The summed E-state index contributed by atoms with van der Waals surface area (Å²) in [7, 11) is 1.57. The van der Waals surface area contributed by atoms with Crippen LogP contribution in [0.4, 0.5) is 5.69 Å². The Hall–Kier alpha value is -2.55. The smallest absolute Gasteiger partial charge is 0.262 e. The molecule has 1 fully saturated rings. The zero-order valence-corrected chi connectivity index (χ0v) is 18.5. The highest BCUT2D eigenvalue weighted by Gasteiger charge is 2.21. The average molecular weight is 460 g/mol. The minimum absolute atomic E-state index is 0.0331. The van der Waals surface area contributed by atoms with Gasteiger partial charge >= 0.3 is 0 Å². The average Bonchev–Trinajstić information content (AvgIpc) is 3.28. The van der Waals surface area contributed by atoms with E-state index in [-0.39, 0.29) is 23.3 Å². The lowest BCUT2D eigenvalue weighted by atomic mass is 10.2. The molecule has 2 aromatic carbocycles. The summed E-state index contributed by atoms with van der Waals surface area (Å²) in [6, 6.07) is 12.2. The summed E-state index contributed by atoms with van der Waals surface area (Å²) >= 11 is 7.31. The van der Waals surface area contributed by atoms with Gasteiger partial charge in [-0.3, -0.25) is 14.2 Å². The predicted molar refractivity (Wildman–Crippen MR) is 122 cm³/mol. The number of amides is 1. The molecule has 7 nitrogen and oxygen atoms in total. The number of halogens is 1. The van der Waals surface area contributed by atoms with Gasteiger partial charge in [0.1, 0.15) is 5.75 Å². The van der Waals surface area contributed by atoms with Crippen LogP contribution >= 0.6 is 23.4 Å². The van der Waals surface area contributed by atoms with Crippen LogP contribution in [0.5, 0.6) is 5.75 Å². The second kappa shape index (κ2) is 9.72. The Labute approximate surface area is 188 Å². The van der Waals surface area contributed by atoms with Gasteiger partial charge in [-0.1, -0.05) is 29.4 Å². The molecule has 1 unspecified atom stereocenters. The summed E-state index contributed by atoms with van der Waals surface area (Å²) in [5.74, 6) is 0.549. The number of carbonyl (C=O) groups excluding carboxylic acids is 1. The minimum atomic E-state index is -0.206. The zero-order chi connectivity index (χ0) is 21.8. The molecule has 1 amide bonds. The summed E-state index contributed by atoms with van der Waals surface area (Å²) in [5.41, 5.74) is 0.990. The van der Waals surface area contributed by atoms with Gasteiger partial charge in [-0.15, -0.1) is 0 Å². The molecule has 9 heteroatoms. The molecule has 4 rings (SSSR count). The molecule has 0 spiro atoms. The molecule has 1 saturated heterocycles. The molecule has 1 aromatic heterocycles. The molecular weight excluding hydrogens is 438 g/mol. The van der Waals surface area contributed by atoms with Crippen molar-refractivity contribution in [1.82, 2.24) is 9.55 Å². The number of anilines is 1. The number of ether oxygens (including phenoxy) is 2. The number of aromatic nitrogens is 2. The molecule has 1 atom stereocenters. The molecule has 1 N–H and O–H groups in total. The lowest BCUT2D eigenvalue weighted by molar-refractivity contribution is -0.113. The van der Waals surface area contributed by atoms with E-state index in [1.807, 2.05) is 0 Å². The van der Waals surface area contributed by atoms with Gasteiger partial charge in [0.2, 0.25) is 5.91 Å². The van der Waals surface area contributed by atoms with Crippen molar-refractivity contribution < 1.29 is 14.3 Å². The Morgan fingerprint density at radius 2 is 2.23 bits per heavy atom. The number of thioether (sulfide) groups is 1. The van der Waals surface area contributed by atoms with Crippen molar-refractivity contribution in [3.63, 3.8) is 0 Å². The SMILES string of the molecule is COc1cccc(NC(=O)CSc2nc3cc(Cl)ccc3c(=O)n2CC2CCCO2)c1. The minimum Gasteiger partial charge on any atom is -0.497 e. The van der Waals surface area contributed by atoms with Crippen molar-refractivity contribution in [1.29, 1.82) is 0 Å². The quantitative estimate of drug-likeness (QED) is 0.425. The van der Waals surface area contributed by atoms with Crippen molar-refractivity contribution in [3.8, 4) is 5.75 Å². The van der Waals surface area contributed by atoms with Crippen LogP contribution in [-0.2, 0) is 16.1 Å². The van der Waals surface area contributed by atoms with Crippen molar-refractivity contribution in [3.05, 3.63) is 57.8 Å². The van der Waals surface area contributed by atoms with Gasteiger partial charge in [0, 0.05) is 23.4 Å². The topological polar surface area (TPSA) is 82.5 Å². The predicted octanol–water partition coefficient (Wildman–Crippen LogP) is 3.97. The van der Waals surface area contributed by atoms with Crippen LogP contribution < -0.4 is 15.6 Å². The first-order chi connectivity index (χ1) is 15.0. The van der Waals surface area contributed by atoms with Gasteiger partial charge in [0.05, 0.1) is 36.4 Å². The Balaban J connectivity index is 1.57. The molecule has 1 aliphatic heterocycles. The normalized spacial score (nSPS) is 15.9. The van der Waals surface area contributed by atoms with E-state index in [4.69, 9.17) is 21.1 Å². The number of nitrogens with one attached hydrogen (secondary N) is 1. The van der Waals surface area contributed by atoms with E-state index in [0.717, 1.165) is 12.8 Å². The van der Waals surface area contributed by atoms with Crippen LogP contribution in [0.25, 0.3) is 10.9 Å². The first kappa shape index (κ1) is 21.7. The van der Waals surface area contributed by atoms with Gasteiger partial charge < -0.3 is 14.8 Å². The largest absolute Gasteiger partial charge is 0.497 e. The van der Waals surface area contributed by atoms with Gasteiger partial charge in [0.25, 0.3) is 5.56 Å². The van der Waals surface area contributed by atoms with Crippen LogP contribution in [0.1, 0.15) is 12.8 Å². The van der Waals surface area contributed by atoms with Crippen LogP contribution in [0.3, 0.4) is 0 Å². The van der Waals surface area contributed by atoms with E-state index in [1.54, 1.807) is 54.1 Å². The Morgan fingerprint density at radius 1 is 1.35 bits per heavy atom. The summed E-state index contributed by atoms with van der Waals surface area (Å²) in [6.07, 6.45) is 1.83. The van der Waals surface area contributed by atoms with Gasteiger partial charge in [-0.2, -0.15) is 0 Å². The molecule has 2 heterocycles. The number of benzene rings is 2. The fourth-order valence-corrected chi connectivity index (χ4v) is 4.44. The van der Waals surface area contributed by atoms with E-state index in [9.17, 15) is 9.59 Å². The molecule has 31 heavy (non-hydrogen) atoms. The van der Waals surface area contributed by atoms with E-state index < -0.39 is 0 Å². The van der Waals surface area contributed by atoms with Crippen molar-refractivity contribution in [2.75, 3.05) is 24.8 Å². The highest BCUT2D eigenvalue weighted by molar-refractivity contribution is 7.99. The standard InChI is InChI=1S/C22H22ClN3O4S/c1-29-16-5-2-4-15(11-16)24-20(27)13-31-22-25-19-10-14(23)7-8-18(19)21(28)26(22)12-17-6-3-9-30-17/h2,4-5,7-8,10-11,17H,3,6,9,12-13H2,1H3,(H,24,27). The fourth-order valence-electron chi connectivity index (χ4n) is 3.46. The lowest BCUT2D eigenvalue weighted by Gasteiger charge is -2.16. The van der Waals surface area contributed by atoms with Gasteiger partial charge in [-0.25, -0.2) is 4.98 Å². The Kier molecular flexibility index (Phi) is 6.80. The van der Waals surface area contributed by atoms with E-state index in [0.29, 0.717) is 45.7 Å². The zero-order valence-electron chi connectivity index (χ0n) is 17.0. The van der Waals surface area contributed by atoms with Gasteiger partial charge in [0.15, 0.2) is 5.16 Å². The Bertz CT molecular complexity index is 1160. The maximum Gasteiger partial charge on any atom is 0.262 e. The van der Waals surface area contributed by atoms with Crippen LogP contribution in [0.15, 0.2) is 52.4 Å². The monoisotopic (exact) mass is 459 g/mol.